The molecule has 0 amide bonds. The molecule has 0 aliphatic carbocycles. The monoisotopic (exact) mass is 406 g/mol. The van der Waals surface area contributed by atoms with Gasteiger partial charge in [-0.25, -0.2) is 4.79 Å². The largest absolute Gasteiger partial charge is 0.388 e. The SMILES string of the molecule is CCCCCCCCc1cccc(Nc2nc3cc(CCCC)ccc3c(=O)o2)c1. The number of nitrogens with one attached hydrogen (secondary N) is 1. The second kappa shape index (κ2) is 11.5. The summed E-state index contributed by atoms with van der Waals surface area (Å²) in [5, 5.41) is 3.71. The highest BCUT2D eigenvalue weighted by Crippen LogP contribution is 2.20. The van der Waals surface area contributed by atoms with Crippen molar-refractivity contribution >= 4 is 22.6 Å². The maximum absolute atomic E-state index is 12.4. The standard InChI is InChI=1S/C26H34N2O2/c1-3-5-7-8-9-10-13-20-14-11-15-22(18-20)27-26-28-24-19-21(12-6-4-2)16-17-23(24)25(29)30-26/h11,14-19H,3-10,12-13H2,1-2H3,(H,27,28). The first-order valence-electron chi connectivity index (χ1n) is 11.5. The zero-order chi connectivity index (χ0) is 21.2. The van der Waals surface area contributed by atoms with Gasteiger partial charge in [0.1, 0.15) is 0 Å². The molecule has 0 atom stereocenters. The zero-order valence-corrected chi connectivity index (χ0v) is 18.4. The van der Waals surface area contributed by atoms with Crippen molar-refractivity contribution < 1.29 is 4.42 Å². The smallest absolute Gasteiger partial charge is 0.348 e. The van der Waals surface area contributed by atoms with E-state index in [9.17, 15) is 4.79 Å². The van der Waals surface area contributed by atoms with Crippen molar-refractivity contribution in [1.82, 2.24) is 4.98 Å². The van der Waals surface area contributed by atoms with E-state index in [4.69, 9.17) is 4.42 Å². The summed E-state index contributed by atoms with van der Waals surface area (Å²) in [6, 6.07) is 14.4. The Kier molecular flexibility index (Phi) is 8.49. The lowest BCUT2D eigenvalue weighted by Crippen LogP contribution is -2.05. The highest BCUT2D eigenvalue weighted by molar-refractivity contribution is 5.79. The van der Waals surface area contributed by atoms with E-state index in [0.717, 1.165) is 31.4 Å². The second-order valence-electron chi connectivity index (χ2n) is 8.10. The number of hydrogen-bond donors (Lipinski definition) is 1. The van der Waals surface area contributed by atoms with E-state index in [1.54, 1.807) is 0 Å². The lowest BCUT2D eigenvalue weighted by molar-refractivity contribution is 0.522. The predicted molar refractivity (Wildman–Crippen MR) is 126 cm³/mol. The molecule has 4 nitrogen and oxygen atoms in total. The minimum atomic E-state index is -0.354. The molecule has 0 bridgehead atoms. The highest BCUT2D eigenvalue weighted by atomic mass is 16.4. The van der Waals surface area contributed by atoms with Crippen LogP contribution in [0.4, 0.5) is 11.7 Å². The minimum absolute atomic E-state index is 0.247. The molecule has 1 N–H and O–H groups in total. The quantitative estimate of drug-likeness (QED) is 0.324. The van der Waals surface area contributed by atoms with Crippen molar-refractivity contribution in [2.24, 2.45) is 0 Å². The van der Waals surface area contributed by atoms with Crippen molar-refractivity contribution in [2.45, 2.75) is 78.1 Å². The Hall–Kier alpha value is -2.62. The Bertz CT molecular complexity index is 994. The van der Waals surface area contributed by atoms with Gasteiger partial charge in [-0.05, 0) is 61.1 Å². The van der Waals surface area contributed by atoms with Crippen LogP contribution in [0.3, 0.4) is 0 Å². The van der Waals surface area contributed by atoms with Crippen LogP contribution in [0.5, 0.6) is 0 Å². The fourth-order valence-electron chi connectivity index (χ4n) is 3.74. The van der Waals surface area contributed by atoms with E-state index >= 15 is 0 Å². The third-order valence-corrected chi connectivity index (χ3v) is 5.51. The van der Waals surface area contributed by atoms with Gasteiger partial charge in [0.05, 0.1) is 10.9 Å². The predicted octanol–water partition coefficient (Wildman–Crippen LogP) is 7.18. The molecule has 4 heteroatoms. The summed E-state index contributed by atoms with van der Waals surface area (Å²) in [5.74, 6) is 0. The van der Waals surface area contributed by atoms with Crippen LogP contribution < -0.4 is 10.9 Å². The van der Waals surface area contributed by atoms with E-state index < -0.39 is 0 Å². The second-order valence-corrected chi connectivity index (χ2v) is 8.10. The van der Waals surface area contributed by atoms with E-state index in [0.29, 0.717) is 10.9 Å². The summed E-state index contributed by atoms with van der Waals surface area (Å²) in [6.07, 6.45) is 12.1. The van der Waals surface area contributed by atoms with E-state index in [1.165, 1.54) is 49.7 Å². The first kappa shape index (κ1) is 22.1. The fourth-order valence-corrected chi connectivity index (χ4v) is 3.74. The van der Waals surface area contributed by atoms with Crippen molar-refractivity contribution in [2.75, 3.05) is 5.32 Å². The molecule has 30 heavy (non-hydrogen) atoms. The number of hydrogen-bond acceptors (Lipinski definition) is 4. The number of unbranched alkanes of at least 4 members (excludes halogenated alkanes) is 6. The van der Waals surface area contributed by atoms with Crippen LogP contribution in [0.2, 0.25) is 0 Å². The molecule has 1 aromatic heterocycles. The van der Waals surface area contributed by atoms with Crippen LogP contribution in [0.15, 0.2) is 51.7 Å². The summed E-state index contributed by atoms with van der Waals surface area (Å²) >= 11 is 0. The topological polar surface area (TPSA) is 55.1 Å². The Morgan fingerprint density at radius 1 is 0.833 bits per heavy atom. The average molecular weight is 407 g/mol. The summed E-state index contributed by atoms with van der Waals surface area (Å²) < 4.78 is 5.41. The number of rotatable bonds is 12. The van der Waals surface area contributed by atoms with Gasteiger partial charge >= 0.3 is 11.6 Å². The Morgan fingerprint density at radius 2 is 1.57 bits per heavy atom. The van der Waals surface area contributed by atoms with E-state index in [2.05, 4.69) is 36.3 Å². The normalized spacial score (nSPS) is 11.1. The molecule has 0 fully saturated rings. The van der Waals surface area contributed by atoms with Gasteiger partial charge in [0.15, 0.2) is 0 Å². The minimum Gasteiger partial charge on any atom is -0.388 e. The third-order valence-electron chi connectivity index (χ3n) is 5.51. The fraction of sp³-hybridized carbons (Fsp3) is 0.462. The maximum Gasteiger partial charge on any atom is 0.348 e. The van der Waals surface area contributed by atoms with Crippen molar-refractivity contribution in [3.05, 3.63) is 64.0 Å². The van der Waals surface area contributed by atoms with Crippen LogP contribution in [0, 0.1) is 0 Å². The molecule has 3 rings (SSSR count). The van der Waals surface area contributed by atoms with Crippen LogP contribution in [-0.4, -0.2) is 4.98 Å². The first-order valence-corrected chi connectivity index (χ1v) is 11.5. The molecule has 0 aliphatic heterocycles. The third kappa shape index (κ3) is 6.45. The molecule has 2 aromatic carbocycles. The highest BCUT2D eigenvalue weighted by Gasteiger charge is 2.08. The van der Waals surface area contributed by atoms with Crippen LogP contribution >= 0.6 is 0 Å². The van der Waals surface area contributed by atoms with Gasteiger partial charge in [0.2, 0.25) is 0 Å². The molecule has 1 heterocycles. The van der Waals surface area contributed by atoms with Crippen molar-refractivity contribution in [3.63, 3.8) is 0 Å². The summed E-state index contributed by atoms with van der Waals surface area (Å²) in [6.45, 7) is 4.42. The number of anilines is 2. The molecule has 0 radical (unpaired) electrons. The van der Waals surface area contributed by atoms with Gasteiger partial charge in [-0.3, -0.25) is 0 Å². The molecule has 0 spiro atoms. The Balaban J connectivity index is 1.67. The van der Waals surface area contributed by atoms with Gasteiger partial charge in [0, 0.05) is 5.69 Å². The lowest BCUT2D eigenvalue weighted by atomic mass is 10.0. The maximum atomic E-state index is 12.4. The number of nitrogens with zero attached hydrogens (tertiary/aromatic N) is 1. The first-order chi connectivity index (χ1) is 14.7. The number of aromatic nitrogens is 1. The molecule has 0 saturated heterocycles. The van der Waals surface area contributed by atoms with Gasteiger partial charge in [-0.1, -0.05) is 70.6 Å². The molecule has 3 aromatic rings. The van der Waals surface area contributed by atoms with Gasteiger partial charge in [-0.2, -0.15) is 4.98 Å². The van der Waals surface area contributed by atoms with Crippen molar-refractivity contribution in [1.29, 1.82) is 0 Å². The number of benzene rings is 2. The van der Waals surface area contributed by atoms with Gasteiger partial charge in [-0.15, -0.1) is 0 Å². The molecule has 160 valence electrons. The lowest BCUT2D eigenvalue weighted by Gasteiger charge is -2.08. The summed E-state index contributed by atoms with van der Waals surface area (Å²) in [7, 11) is 0. The summed E-state index contributed by atoms with van der Waals surface area (Å²) in [5.41, 5.74) is 3.73. The molecule has 0 saturated carbocycles. The van der Waals surface area contributed by atoms with Gasteiger partial charge < -0.3 is 9.73 Å². The van der Waals surface area contributed by atoms with Gasteiger partial charge in [0.25, 0.3) is 0 Å². The Morgan fingerprint density at radius 3 is 2.40 bits per heavy atom. The molecule has 0 aliphatic rings. The summed E-state index contributed by atoms with van der Waals surface area (Å²) in [4.78, 5) is 16.9. The number of aryl methyl sites for hydroxylation is 2. The zero-order valence-electron chi connectivity index (χ0n) is 18.4. The van der Waals surface area contributed by atoms with Crippen molar-refractivity contribution in [3.8, 4) is 0 Å². The van der Waals surface area contributed by atoms with Crippen LogP contribution in [-0.2, 0) is 12.8 Å². The number of fused-ring (bicyclic) bond motifs is 1. The van der Waals surface area contributed by atoms with Crippen LogP contribution in [0.25, 0.3) is 10.9 Å². The van der Waals surface area contributed by atoms with Crippen LogP contribution in [0.1, 0.15) is 76.3 Å². The van der Waals surface area contributed by atoms with E-state index in [-0.39, 0.29) is 11.6 Å². The van der Waals surface area contributed by atoms with E-state index in [1.807, 2.05) is 30.3 Å². The molecular formula is C26H34N2O2. The average Bonchev–Trinajstić information content (AvgIpc) is 2.75. The Labute approximate surface area is 179 Å². The molecular weight excluding hydrogens is 372 g/mol. The molecule has 0 unspecified atom stereocenters.